The molecule has 0 aromatic carbocycles. The zero-order valence-corrected chi connectivity index (χ0v) is 15.2. The molecule has 2 atom stereocenters. The first-order valence-electron chi connectivity index (χ1n) is 7.76. The second-order valence-electron chi connectivity index (χ2n) is 6.45. The van der Waals surface area contributed by atoms with E-state index in [1.165, 1.54) is 15.6 Å². The third kappa shape index (κ3) is 2.64. The maximum atomic E-state index is 12.6. The van der Waals surface area contributed by atoms with Gasteiger partial charge in [0.05, 0.1) is 10.6 Å². The van der Waals surface area contributed by atoms with Crippen LogP contribution in [0.4, 0.5) is 0 Å². The molecule has 3 heterocycles. The maximum Gasteiger partial charge on any atom is 0.313 e. The molecule has 2 aliphatic heterocycles. The van der Waals surface area contributed by atoms with E-state index in [2.05, 4.69) is 0 Å². The highest BCUT2D eigenvalue weighted by Crippen LogP contribution is 2.44. The van der Waals surface area contributed by atoms with E-state index in [9.17, 15) is 23.1 Å². The van der Waals surface area contributed by atoms with Crippen LogP contribution in [0.15, 0.2) is 12.1 Å². The summed E-state index contributed by atoms with van der Waals surface area (Å²) >= 11 is 1.38. The minimum absolute atomic E-state index is 0.0491. The first-order valence-corrected chi connectivity index (χ1v) is 10.2. The Morgan fingerprint density at radius 3 is 2.54 bits per heavy atom. The van der Waals surface area contributed by atoms with E-state index in [-0.39, 0.29) is 43.8 Å². The number of carboxylic acids is 1. The average Bonchev–Trinajstić information content (AvgIpc) is 3.18. The molecule has 0 saturated carbocycles. The van der Waals surface area contributed by atoms with Gasteiger partial charge in [0.2, 0.25) is 10.0 Å². The van der Waals surface area contributed by atoms with Crippen LogP contribution in [0, 0.1) is 18.3 Å². The lowest BCUT2D eigenvalue weighted by molar-refractivity contribution is -0.148. The molecule has 0 radical (unpaired) electrons. The molecule has 1 aromatic heterocycles. The number of hydrogen-bond acceptors (Lipinski definition) is 5. The zero-order valence-electron chi connectivity index (χ0n) is 13.6. The van der Waals surface area contributed by atoms with E-state index in [0.29, 0.717) is 4.88 Å². The molecule has 0 bridgehead atoms. The molecule has 9 heteroatoms. The van der Waals surface area contributed by atoms with E-state index in [1.54, 1.807) is 17.9 Å². The molecule has 3 rings (SSSR count). The number of sulfonamides is 1. The van der Waals surface area contributed by atoms with Gasteiger partial charge >= 0.3 is 5.97 Å². The van der Waals surface area contributed by atoms with E-state index >= 15 is 0 Å². The summed E-state index contributed by atoms with van der Waals surface area (Å²) in [5, 5.41) is 9.75. The SMILES string of the molecule is CCS(=O)(=O)N1C[C@@H]2CN(C(=O)c3ccc(C)s3)C[C@]2(C(=O)O)C1. The number of carbonyl (C=O) groups is 2. The highest BCUT2D eigenvalue weighted by atomic mass is 32.2. The zero-order chi connectivity index (χ0) is 17.7. The van der Waals surface area contributed by atoms with Gasteiger partial charge in [-0.3, -0.25) is 9.59 Å². The van der Waals surface area contributed by atoms with Crippen LogP contribution in [0.5, 0.6) is 0 Å². The number of likely N-dealkylation sites (tertiary alicyclic amines) is 1. The van der Waals surface area contributed by atoms with Gasteiger partial charge in [-0.25, -0.2) is 12.7 Å². The summed E-state index contributed by atoms with van der Waals surface area (Å²) in [5.74, 6) is -1.62. The van der Waals surface area contributed by atoms with Crippen molar-refractivity contribution in [1.29, 1.82) is 0 Å². The number of hydrogen-bond donors (Lipinski definition) is 1. The topological polar surface area (TPSA) is 95.0 Å². The van der Waals surface area contributed by atoms with Crippen LogP contribution in [-0.4, -0.2) is 66.5 Å². The molecule has 1 N–H and O–H groups in total. The Morgan fingerprint density at radius 1 is 1.33 bits per heavy atom. The fourth-order valence-corrected chi connectivity index (χ4v) is 5.61. The summed E-state index contributed by atoms with van der Waals surface area (Å²) in [6.45, 7) is 3.89. The Kier molecular flexibility index (Phi) is 4.21. The fourth-order valence-electron chi connectivity index (χ4n) is 3.58. The summed E-state index contributed by atoms with van der Waals surface area (Å²) in [6.07, 6.45) is 0. The van der Waals surface area contributed by atoms with Gasteiger partial charge < -0.3 is 10.0 Å². The monoisotopic (exact) mass is 372 g/mol. The highest BCUT2D eigenvalue weighted by molar-refractivity contribution is 7.89. The summed E-state index contributed by atoms with van der Waals surface area (Å²) < 4.78 is 25.4. The Morgan fingerprint density at radius 2 is 2.04 bits per heavy atom. The lowest BCUT2D eigenvalue weighted by atomic mass is 9.81. The van der Waals surface area contributed by atoms with Crippen LogP contribution in [-0.2, 0) is 14.8 Å². The van der Waals surface area contributed by atoms with Crippen molar-refractivity contribution >= 4 is 33.2 Å². The van der Waals surface area contributed by atoms with Crippen molar-refractivity contribution < 1.29 is 23.1 Å². The molecular formula is C15H20N2O5S2. The molecule has 0 unspecified atom stereocenters. The van der Waals surface area contributed by atoms with Gasteiger partial charge in [0.25, 0.3) is 5.91 Å². The van der Waals surface area contributed by atoms with Crippen LogP contribution >= 0.6 is 11.3 Å². The standard InChI is InChI=1S/C15H20N2O5S2/c1-3-24(21,22)17-7-11-6-16(8-15(11,9-17)14(19)20)13(18)12-5-4-10(2)23-12/h4-5,11H,3,6-9H2,1-2H3,(H,19,20)/t11-,15-/m0/s1. The molecule has 2 aliphatic rings. The molecule has 0 aliphatic carbocycles. The predicted molar refractivity (Wildman–Crippen MR) is 89.6 cm³/mol. The smallest absolute Gasteiger partial charge is 0.313 e. The molecule has 0 spiro atoms. The molecule has 1 amide bonds. The van der Waals surface area contributed by atoms with Gasteiger partial charge in [0.15, 0.2) is 0 Å². The minimum Gasteiger partial charge on any atom is -0.481 e. The first kappa shape index (κ1) is 17.4. The number of aryl methyl sites for hydroxylation is 1. The Balaban J connectivity index is 1.84. The van der Waals surface area contributed by atoms with Crippen molar-refractivity contribution in [3.8, 4) is 0 Å². The van der Waals surface area contributed by atoms with Crippen LogP contribution < -0.4 is 0 Å². The fraction of sp³-hybridized carbons (Fsp3) is 0.600. The number of amides is 1. The molecule has 1 aromatic rings. The van der Waals surface area contributed by atoms with Crippen molar-refractivity contribution in [2.75, 3.05) is 31.9 Å². The molecule has 2 fully saturated rings. The van der Waals surface area contributed by atoms with Crippen LogP contribution in [0.25, 0.3) is 0 Å². The molecule has 132 valence electrons. The summed E-state index contributed by atoms with van der Waals surface area (Å²) in [5.41, 5.74) is -1.20. The van der Waals surface area contributed by atoms with E-state index in [1.807, 2.05) is 13.0 Å². The Labute approximate surface area is 144 Å². The van der Waals surface area contributed by atoms with Crippen LogP contribution in [0.3, 0.4) is 0 Å². The van der Waals surface area contributed by atoms with Crippen molar-refractivity contribution in [3.63, 3.8) is 0 Å². The summed E-state index contributed by atoms with van der Waals surface area (Å²) in [6, 6.07) is 3.61. The van der Waals surface area contributed by atoms with Crippen molar-refractivity contribution in [1.82, 2.24) is 9.21 Å². The first-order chi connectivity index (χ1) is 11.2. The summed E-state index contributed by atoms with van der Waals surface area (Å²) in [7, 11) is -3.43. The molecule has 2 saturated heterocycles. The average molecular weight is 372 g/mol. The number of thiophene rings is 1. The second kappa shape index (κ2) is 5.82. The number of fused-ring (bicyclic) bond motifs is 1. The Bertz CT molecular complexity index is 788. The van der Waals surface area contributed by atoms with Gasteiger partial charge in [-0.15, -0.1) is 11.3 Å². The van der Waals surface area contributed by atoms with Gasteiger partial charge in [-0.1, -0.05) is 0 Å². The molecule has 7 nitrogen and oxygen atoms in total. The van der Waals surface area contributed by atoms with Crippen molar-refractivity contribution in [2.45, 2.75) is 13.8 Å². The number of carbonyl (C=O) groups excluding carboxylic acids is 1. The quantitative estimate of drug-likeness (QED) is 0.846. The summed E-state index contributed by atoms with van der Waals surface area (Å²) in [4.78, 5) is 27.7. The van der Waals surface area contributed by atoms with E-state index in [0.717, 1.165) is 4.88 Å². The molecule has 24 heavy (non-hydrogen) atoms. The number of carboxylic acid groups (broad SMARTS) is 1. The van der Waals surface area contributed by atoms with Crippen LogP contribution in [0.2, 0.25) is 0 Å². The predicted octanol–water partition coefficient (Wildman–Crippen LogP) is 0.865. The van der Waals surface area contributed by atoms with Gasteiger partial charge in [0.1, 0.15) is 5.41 Å². The maximum absolute atomic E-state index is 12.6. The number of nitrogens with zero attached hydrogens (tertiary/aromatic N) is 2. The second-order valence-corrected chi connectivity index (χ2v) is 9.99. The minimum atomic E-state index is -3.43. The lowest BCUT2D eigenvalue weighted by Crippen LogP contribution is -2.43. The van der Waals surface area contributed by atoms with Crippen LogP contribution in [0.1, 0.15) is 21.5 Å². The normalized spacial score (nSPS) is 27.4. The Hall–Kier alpha value is -1.45. The molecular weight excluding hydrogens is 352 g/mol. The lowest BCUT2D eigenvalue weighted by Gasteiger charge is -2.24. The largest absolute Gasteiger partial charge is 0.481 e. The van der Waals surface area contributed by atoms with E-state index < -0.39 is 21.4 Å². The van der Waals surface area contributed by atoms with Gasteiger partial charge in [0, 0.05) is 37.0 Å². The van der Waals surface area contributed by atoms with Gasteiger partial charge in [-0.05, 0) is 26.0 Å². The van der Waals surface area contributed by atoms with Gasteiger partial charge in [-0.2, -0.15) is 0 Å². The highest BCUT2D eigenvalue weighted by Gasteiger charge is 2.60. The third-order valence-electron chi connectivity index (χ3n) is 5.00. The number of aliphatic carboxylic acids is 1. The third-order valence-corrected chi connectivity index (χ3v) is 7.78. The van der Waals surface area contributed by atoms with E-state index in [4.69, 9.17) is 0 Å². The van der Waals surface area contributed by atoms with Crippen molar-refractivity contribution in [3.05, 3.63) is 21.9 Å². The van der Waals surface area contributed by atoms with Crippen molar-refractivity contribution in [2.24, 2.45) is 11.3 Å². The number of rotatable bonds is 4.